The molecule has 0 aliphatic carbocycles. The molecule has 1 aromatic carbocycles. The van der Waals surface area contributed by atoms with Crippen molar-refractivity contribution in [3.63, 3.8) is 0 Å². The summed E-state index contributed by atoms with van der Waals surface area (Å²) in [5.74, 6) is -1.95. The number of benzene rings is 1. The lowest BCUT2D eigenvalue weighted by Gasteiger charge is -2.35. The molecule has 1 aliphatic heterocycles. The van der Waals surface area contributed by atoms with Gasteiger partial charge in [0, 0.05) is 24.0 Å². The van der Waals surface area contributed by atoms with Crippen molar-refractivity contribution in [3.05, 3.63) is 24.3 Å². The summed E-state index contributed by atoms with van der Waals surface area (Å²) in [6.45, 7) is 3.09. The number of hydrogen-bond donors (Lipinski definition) is 1. The van der Waals surface area contributed by atoms with Crippen molar-refractivity contribution < 1.29 is 18.0 Å². The summed E-state index contributed by atoms with van der Waals surface area (Å²) in [5.41, 5.74) is 1.13. The van der Waals surface area contributed by atoms with Crippen LogP contribution < -0.4 is 10.2 Å². The van der Waals surface area contributed by atoms with Gasteiger partial charge in [-0.25, -0.2) is 0 Å². The maximum absolute atomic E-state index is 12.1. The third kappa shape index (κ3) is 3.43. The van der Waals surface area contributed by atoms with E-state index in [1.165, 1.54) is 18.6 Å². The molecule has 1 amide bonds. The van der Waals surface area contributed by atoms with E-state index in [1.54, 1.807) is 12.1 Å². The van der Waals surface area contributed by atoms with Gasteiger partial charge in [-0.1, -0.05) is 0 Å². The minimum absolute atomic E-state index is 0.153. The van der Waals surface area contributed by atoms with Gasteiger partial charge in [0.05, 0.1) is 0 Å². The quantitative estimate of drug-likeness (QED) is 0.901. The number of alkyl halides is 3. The molecule has 0 bridgehead atoms. The maximum atomic E-state index is 12.1. The van der Waals surface area contributed by atoms with Crippen LogP contribution in [-0.2, 0) is 4.79 Å². The fourth-order valence-corrected chi connectivity index (χ4v) is 2.42. The Bertz CT molecular complexity index is 470. The third-order valence-corrected chi connectivity index (χ3v) is 3.52. The molecule has 3 nitrogen and oxygen atoms in total. The summed E-state index contributed by atoms with van der Waals surface area (Å²) in [5, 5.41) is 1.84. The first-order valence-electron chi connectivity index (χ1n) is 6.63. The average Bonchev–Trinajstić information content (AvgIpc) is 2.39. The Kier molecular flexibility index (Phi) is 4.20. The predicted molar refractivity (Wildman–Crippen MR) is 71.8 cm³/mol. The van der Waals surface area contributed by atoms with Gasteiger partial charge < -0.3 is 10.2 Å². The monoisotopic (exact) mass is 286 g/mol. The summed E-state index contributed by atoms with van der Waals surface area (Å²) < 4.78 is 36.4. The molecule has 110 valence electrons. The van der Waals surface area contributed by atoms with Crippen LogP contribution in [0, 0.1) is 0 Å². The zero-order valence-electron chi connectivity index (χ0n) is 11.2. The number of piperidine rings is 1. The molecule has 2 rings (SSSR count). The highest BCUT2D eigenvalue weighted by Gasteiger charge is 2.38. The lowest BCUT2D eigenvalue weighted by Crippen LogP contribution is -2.37. The third-order valence-electron chi connectivity index (χ3n) is 3.52. The fraction of sp³-hybridized carbons (Fsp3) is 0.500. The van der Waals surface area contributed by atoms with Gasteiger partial charge in [-0.15, -0.1) is 0 Å². The minimum atomic E-state index is -4.86. The molecule has 1 fully saturated rings. The lowest BCUT2D eigenvalue weighted by molar-refractivity contribution is -0.167. The maximum Gasteiger partial charge on any atom is 0.471 e. The highest BCUT2D eigenvalue weighted by Crippen LogP contribution is 2.26. The summed E-state index contributed by atoms with van der Waals surface area (Å²) in [6.07, 6.45) is -1.42. The van der Waals surface area contributed by atoms with Gasteiger partial charge in [0.15, 0.2) is 0 Å². The van der Waals surface area contributed by atoms with Crippen molar-refractivity contribution in [2.75, 3.05) is 16.8 Å². The van der Waals surface area contributed by atoms with Crippen molar-refractivity contribution in [1.82, 2.24) is 0 Å². The molecule has 0 spiro atoms. The van der Waals surface area contributed by atoms with E-state index < -0.39 is 12.1 Å². The van der Waals surface area contributed by atoms with Gasteiger partial charge >= 0.3 is 12.1 Å². The SMILES string of the molecule is CC1CCCCN1c1ccc(NC(=O)C(F)(F)F)cc1. The molecular formula is C14H17F3N2O. The minimum Gasteiger partial charge on any atom is -0.369 e. The molecule has 1 aliphatic rings. The first-order chi connectivity index (χ1) is 9.38. The summed E-state index contributed by atoms with van der Waals surface area (Å²) >= 11 is 0. The number of anilines is 2. The first kappa shape index (κ1) is 14.7. The molecule has 1 unspecified atom stereocenters. The Morgan fingerprint density at radius 2 is 1.90 bits per heavy atom. The number of carbonyl (C=O) groups is 1. The number of carbonyl (C=O) groups excluding carboxylic acids is 1. The lowest BCUT2D eigenvalue weighted by atomic mass is 10.0. The number of halogens is 3. The number of nitrogens with one attached hydrogen (secondary N) is 1. The molecule has 1 heterocycles. The summed E-state index contributed by atoms with van der Waals surface area (Å²) in [4.78, 5) is 13.1. The number of nitrogens with zero attached hydrogens (tertiary/aromatic N) is 1. The largest absolute Gasteiger partial charge is 0.471 e. The van der Waals surface area contributed by atoms with Gasteiger partial charge in [-0.2, -0.15) is 13.2 Å². The van der Waals surface area contributed by atoms with Crippen molar-refractivity contribution >= 4 is 17.3 Å². The van der Waals surface area contributed by atoms with Crippen LogP contribution in [0.15, 0.2) is 24.3 Å². The van der Waals surface area contributed by atoms with Crippen LogP contribution in [0.1, 0.15) is 26.2 Å². The van der Waals surface area contributed by atoms with Crippen LogP contribution in [0.4, 0.5) is 24.5 Å². The Labute approximate surface area is 115 Å². The van der Waals surface area contributed by atoms with Crippen molar-refractivity contribution in [1.29, 1.82) is 0 Å². The van der Waals surface area contributed by atoms with Gasteiger partial charge in [0.2, 0.25) is 0 Å². The van der Waals surface area contributed by atoms with E-state index >= 15 is 0 Å². The molecule has 1 atom stereocenters. The predicted octanol–water partition coefficient (Wildman–Crippen LogP) is 3.57. The van der Waals surface area contributed by atoms with Crippen molar-refractivity contribution in [2.45, 2.75) is 38.4 Å². The Balaban J connectivity index is 2.04. The smallest absolute Gasteiger partial charge is 0.369 e. The highest BCUT2D eigenvalue weighted by molar-refractivity contribution is 5.95. The zero-order chi connectivity index (χ0) is 14.8. The molecule has 0 saturated carbocycles. The van der Waals surface area contributed by atoms with Crippen LogP contribution in [0.2, 0.25) is 0 Å². The van der Waals surface area contributed by atoms with Gasteiger partial charge in [0.1, 0.15) is 0 Å². The van der Waals surface area contributed by atoms with E-state index in [9.17, 15) is 18.0 Å². The van der Waals surface area contributed by atoms with Crippen molar-refractivity contribution in [3.8, 4) is 0 Å². The van der Waals surface area contributed by atoms with Crippen LogP contribution >= 0.6 is 0 Å². The number of hydrogen-bond acceptors (Lipinski definition) is 2. The molecule has 1 N–H and O–H groups in total. The second kappa shape index (κ2) is 5.73. The van der Waals surface area contributed by atoms with E-state index in [1.807, 2.05) is 5.32 Å². The van der Waals surface area contributed by atoms with Crippen LogP contribution in [0.25, 0.3) is 0 Å². The standard InChI is InChI=1S/C14H17F3N2O/c1-10-4-2-3-9-19(10)12-7-5-11(6-8-12)18-13(20)14(15,16)17/h5-8,10H,2-4,9H2,1H3,(H,18,20). The van der Waals surface area contributed by atoms with E-state index in [0.717, 1.165) is 25.1 Å². The van der Waals surface area contributed by atoms with E-state index in [2.05, 4.69) is 11.8 Å². The van der Waals surface area contributed by atoms with Crippen molar-refractivity contribution in [2.24, 2.45) is 0 Å². The molecule has 1 aromatic rings. The highest BCUT2D eigenvalue weighted by atomic mass is 19.4. The van der Waals surface area contributed by atoms with Crippen LogP contribution in [-0.4, -0.2) is 24.7 Å². The van der Waals surface area contributed by atoms with Crippen LogP contribution in [0.5, 0.6) is 0 Å². The molecule has 0 radical (unpaired) electrons. The Morgan fingerprint density at radius 1 is 1.25 bits per heavy atom. The summed E-state index contributed by atoms with van der Waals surface area (Å²) in [6, 6.07) is 6.92. The average molecular weight is 286 g/mol. The van der Waals surface area contributed by atoms with Crippen LogP contribution in [0.3, 0.4) is 0 Å². The zero-order valence-corrected chi connectivity index (χ0v) is 11.2. The van der Waals surface area contributed by atoms with E-state index in [-0.39, 0.29) is 5.69 Å². The first-order valence-corrected chi connectivity index (χ1v) is 6.63. The molecule has 0 aromatic heterocycles. The molecular weight excluding hydrogens is 269 g/mol. The normalized spacial score (nSPS) is 19.8. The van der Waals surface area contributed by atoms with E-state index in [0.29, 0.717) is 6.04 Å². The van der Waals surface area contributed by atoms with E-state index in [4.69, 9.17) is 0 Å². The second-order valence-electron chi connectivity index (χ2n) is 5.04. The fourth-order valence-electron chi connectivity index (χ4n) is 2.42. The molecule has 1 saturated heterocycles. The van der Waals surface area contributed by atoms with Gasteiger partial charge in [-0.05, 0) is 50.5 Å². The Hall–Kier alpha value is -1.72. The summed E-state index contributed by atoms with van der Waals surface area (Å²) in [7, 11) is 0. The van der Waals surface area contributed by atoms with Gasteiger partial charge in [0.25, 0.3) is 0 Å². The number of amides is 1. The topological polar surface area (TPSA) is 32.3 Å². The number of rotatable bonds is 2. The Morgan fingerprint density at radius 3 is 2.45 bits per heavy atom. The van der Waals surface area contributed by atoms with Gasteiger partial charge in [-0.3, -0.25) is 4.79 Å². The second-order valence-corrected chi connectivity index (χ2v) is 5.04. The molecule has 6 heteroatoms. The molecule has 20 heavy (non-hydrogen) atoms.